The maximum absolute atomic E-state index is 14.9. The van der Waals surface area contributed by atoms with Crippen molar-refractivity contribution in [2.75, 3.05) is 13.2 Å². The SMILES string of the molecule is Cc1ccc(C2COC(C(=O)O)C2)cc1Oc1nc2c(F)c(Br)c(F)cc2n1COCC[Si](C)(C)C. The average molecular weight is 584 g/mol. The fraction of sp³-hybridized carbons (Fsp3) is 0.440. The predicted molar refractivity (Wildman–Crippen MR) is 137 cm³/mol. The molecule has 3 aromatic rings. The average Bonchev–Trinajstić information content (AvgIpc) is 3.42. The zero-order valence-electron chi connectivity index (χ0n) is 20.6. The van der Waals surface area contributed by atoms with Gasteiger partial charge in [-0.25, -0.2) is 13.6 Å². The molecule has 2 atom stereocenters. The number of carbonyl (C=O) groups is 1. The molecule has 7 nitrogen and oxygen atoms in total. The third-order valence-electron chi connectivity index (χ3n) is 6.22. The lowest BCUT2D eigenvalue weighted by molar-refractivity contribution is -0.147. The van der Waals surface area contributed by atoms with E-state index < -0.39 is 31.8 Å². The molecule has 2 heterocycles. The highest BCUT2D eigenvalue weighted by Gasteiger charge is 2.32. The Morgan fingerprint density at radius 1 is 1.31 bits per heavy atom. The molecule has 0 radical (unpaired) electrons. The molecule has 0 amide bonds. The third kappa shape index (κ3) is 5.79. The van der Waals surface area contributed by atoms with Crippen LogP contribution in [0.25, 0.3) is 11.0 Å². The van der Waals surface area contributed by atoms with Gasteiger partial charge in [0.2, 0.25) is 0 Å². The Hall–Kier alpha value is -2.34. The van der Waals surface area contributed by atoms with Gasteiger partial charge >= 0.3 is 12.0 Å². The third-order valence-corrected chi connectivity index (χ3v) is 8.65. The zero-order valence-corrected chi connectivity index (χ0v) is 23.2. The van der Waals surface area contributed by atoms with Crippen LogP contribution in [-0.4, -0.2) is 48.0 Å². The van der Waals surface area contributed by atoms with Crippen molar-refractivity contribution in [1.82, 2.24) is 9.55 Å². The van der Waals surface area contributed by atoms with Crippen molar-refractivity contribution < 1.29 is 32.9 Å². The molecule has 1 fully saturated rings. The first-order valence-corrected chi connectivity index (χ1v) is 16.2. The highest BCUT2D eigenvalue weighted by atomic mass is 79.9. The van der Waals surface area contributed by atoms with Crippen molar-refractivity contribution in [3.63, 3.8) is 0 Å². The number of aryl methyl sites for hydroxylation is 1. The molecule has 4 rings (SSSR count). The second-order valence-electron chi connectivity index (χ2n) is 10.2. The number of imidazole rings is 1. The van der Waals surface area contributed by atoms with Crippen LogP contribution in [0.5, 0.6) is 11.8 Å². The van der Waals surface area contributed by atoms with Crippen molar-refractivity contribution in [3.8, 4) is 11.8 Å². The van der Waals surface area contributed by atoms with Crippen LogP contribution in [0.2, 0.25) is 25.7 Å². The summed E-state index contributed by atoms with van der Waals surface area (Å²) in [7, 11) is -1.33. The number of rotatable bonds is 9. The molecule has 0 bridgehead atoms. The van der Waals surface area contributed by atoms with E-state index >= 15 is 0 Å². The van der Waals surface area contributed by atoms with Gasteiger partial charge in [0.25, 0.3) is 0 Å². The number of hydrogen-bond acceptors (Lipinski definition) is 5. The summed E-state index contributed by atoms with van der Waals surface area (Å²) in [6.07, 6.45) is -0.478. The lowest BCUT2D eigenvalue weighted by Gasteiger charge is -2.17. The van der Waals surface area contributed by atoms with E-state index in [2.05, 4.69) is 40.6 Å². The first-order chi connectivity index (χ1) is 16.9. The van der Waals surface area contributed by atoms with Crippen LogP contribution in [0.15, 0.2) is 28.7 Å². The number of ether oxygens (including phenoxy) is 3. The van der Waals surface area contributed by atoms with Gasteiger partial charge in [-0.05, 0) is 52.5 Å². The minimum Gasteiger partial charge on any atom is -0.479 e. The Morgan fingerprint density at radius 2 is 2.06 bits per heavy atom. The van der Waals surface area contributed by atoms with E-state index in [1.54, 1.807) is 0 Å². The predicted octanol–water partition coefficient (Wildman–Crippen LogP) is 6.45. The van der Waals surface area contributed by atoms with Gasteiger partial charge < -0.3 is 19.3 Å². The quantitative estimate of drug-likeness (QED) is 0.177. The number of aromatic nitrogens is 2. The molecular formula is C25H29BrF2N2O5Si. The van der Waals surface area contributed by atoms with Crippen molar-refractivity contribution in [3.05, 3.63) is 51.5 Å². The number of benzene rings is 2. The summed E-state index contributed by atoms with van der Waals surface area (Å²) in [6, 6.07) is 7.81. The van der Waals surface area contributed by atoms with Crippen molar-refractivity contribution in [2.24, 2.45) is 0 Å². The van der Waals surface area contributed by atoms with Gasteiger partial charge in [-0.1, -0.05) is 31.8 Å². The molecule has 1 aromatic heterocycles. The van der Waals surface area contributed by atoms with Crippen LogP contribution in [-0.2, 0) is 21.0 Å². The second kappa shape index (κ2) is 10.6. The lowest BCUT2D eigenvalue weighted by Crippen LogP contribution is -2.22. The standard InChI is InChI=1S/C25H29BrF2N2O5Si/c1-14-5-6-15(16-10-20(24(31)32)34-12-16)9-19(14)35-25-29-23-18(11-17(27)21(26)22(23)28)30(25)13-33-7-8-36(2,3)4/h5-6,9,11,16,20H,7-8,10,12-13H2,1-4H3,(H,31,32). The minimum absolute atomic E-state index is 0.0202. The van der Waals surface area contributed by atoms with Crippen LogP contribution >= 0.6 is 15.9 Å². The van der Waals surface area contributed by atoms with E-state index in [1.165, 1.54) is 10.6 Å². The van der Waals surface area contributed by atoms with Gasteiger partial charge in [0.1, 0.15) is 23.8 Å². The largest absolute Gasteiger partial charge is 0.479 e. The van der Waals surface area contributed by atoms with Gasteiger partial charge in [0, 0.05) is 26.7 Å². The van der Waals surface area contributed by atoms with E-state index in [0.29, 0.717) is 25.4 Å². The molecule has 194 valence electrons. The van der Waals surface area contributed by atoms with Crippen molar-refractivity contribution in [1.29, 1.82) is 0 Å². The molecule has 0 aliphatic carbocycles. The highest BCUT2D eigenvalue weighted by molar-refractivity contribution is 9.10. The molecule has 0 spiro atoms. The highest BCUT2D eigenvalue weighted by Crippen LogP contribution is 2.36. The molecule has 36 heavy (non-hydrogen) atoms. The van der Waals surface area contributed by atoms with E-state index in [0.717, 1.165) is 17.2 Å². The summed E-state index contributed by atoms with van der Waals surface area (Å²) in [5, 5.41) is 9.23. The fourth-order valence-electron chi connectivity index (χ4n) is 3.99. The molecule has 1 saturated heterocycles. The number of fused-ring (bicyclic) bond motifs is 1. The van der Waals surface area contributed by atoms with Crippen LogP contribution in [0.1, 0.15) is 23.5 Å². The zero-order chi connectivity index (χ0) is 26.2. The van der Waals surface area contributed by atoms with Crippen LogP contribution in [0, 0.1) is 18.6 Å². The number of aliphatic carboxylic acids is 1. The summed E-state index contributed by atoms with van der Waals surface area (Å²) in [5.74, 6) is -2.17. The Morgan fingerprint density at radius 3 is 2.72 bits per heavy atom. The van der Waals surface area contributed by atoms with Crippen LogP contribution in [0.3, 0.4) is 0 Å². The smallest absolute Gasteiger partial charge is 0.332 e. The lowest BCUT2D eigenvalue weighted by atomic mass is 9.95. The topological polar surface area (TPSA) is 82.8 Å². The molecule has 0 saturated carbocycles. The van der Waals surface area contributed by atoms with E-state index in [4.69, 9.17) is 14.2 Å². The number of nitrogens with zero attached hydrogens (tertiary/aromatic N) is 2. The van der Waals surface area contributed by atoms with Crippen LogP contribution in [0.4, 0.5) is 8.78 Å². The summed E-state index contributed by atoms with van der Waals surface area (Å²) in [5.41, 5.74) is 1.86. The maximum Gasteiger partial charge on any atom is 0.332 e. The molecular weight excluding hydrogens is 554 g/mol. The van der Waals surface area contributed by atoms with E-state index in [-0.39, 0.29) is 34.2 Å². The molecule has 1 N–H and O–H groups in total. The van der Waals surface area contributed by atoms with Crippen molar-refractivity contribution >= 4 is 41.0 Å². The number of halogens is 3. The van der Waals surface area contributed by atoms with Gasteiger partial charge in [-0.3, -0.25) is 4.57 Å². The molecule has 1 aliphatic heterocycles. The van der Waals surface area contributed by atoms with E-state index in [9.17, 15) is 18.7 Å². The number of carboxylic acid groups (broad SMARTS) is 1. The summed E-state index contributed by atoms with van der Waals surface area (Å²) < 4.78 is 47.9. The monoisotopic (exact) mass is 582 g/mol. The van der Waals surface area contributed by atoms with Crippen LogP contribution < -0.4 is 4.74 Å². The maximum atomic E-state index is 14.9. The molecule has 2 aromatic carbocycles. The summed E-state index contributed by atoms with van der Waals surface area (Å²) in [4.78, 5) is 15.6. The number of hydrogen-bond donors (Lipinski definition) is 1. The van der Waals surface area contributed by atoms with Crippen molar-refractivity contribution in [2.45, 2.75) is 57.8 Å². The first-order valence-electron chi connectivity index (χ1n) is 11.7. The Labute approximate surface area is 217 Å². The Balaban J connectivity index is 1.66. The summed E-state index contributed by atoms with van der Waals surface area (Å²) in [6.45, 7) is 9.40. The first kappa shape index (κ1) is 26.7. The Bertz CT molecular complexity index is 1290. The fourth-order valence-corrected chi connectivity index (χ4v) is 5.05. The normalized spacial score (nSPS) is 18.2. The molecule has 11 heteroatoms. The number of carboxylic acids is 1. The summed E-state index contributed by atoms with van der Waals surface area (Å²) >= 11 is 2.94. The van der Waals surface area contributed by atoms with Gasteiger partial charge in [-0.15, -0.1) is 0 Å². The molecule has 1 aliphatic rings. The Kier molecular flexibility index (Phi) is 7.84. The second-order valence-corrected chi connectivity index (χ2v) is 16.7. The van der Waals surface area contributed by atoms with Gasteiger partial charge in [0.05, 0.1) is 16.6 Å². The minimum atomic E-state index is -1.33. The molecule has 2 unspecified atom stereocenters. The van der Waals surface area contributed by atoms with E-state index in [1.807, 2.05) is 25.1 Å². The van der Waals surface area contributed by atoms with Gasteiger partial charge in [-0.2, -0.15) is 4.98 Å². The van der Waals surface area contributed by atoms with Gasteiger partial charge in [0.15, 0.2) is 11.9 Å².